The first-order valence-electron chi connectivity index (χ1n) is 11.0. The van der Waals surface area contributed by atoms with Crippen molar-refractivity contribution in [1.82, 2.24) is 14.7 Å². The summed E-state index contributed by atoms with van der Waals surface area (Å²) >= 11 is 2.26. The Balaban J connectivity index is 1.75. The zero-order valence-corrected chi connectivity index (χ0v) is 21.4. The SMILES string of the molecule is CO/N=C(\C(=O)N[C@@H]1C(=O)C2C(C(=O)O)=C(/C=C/C[N+](C)(CCO)CCO)CS[C@@H]21)c1nsc(N)n1. The molecule has 6 N–H and O–H groups in total. The second kappa shape index (κ2) is 11.9. The molecule has 1 amide bonds. The topological polar surface area (TPSA) is 197 Å². The van der Waals surface area contributed by atoms with E-state index < -0.39 is 34.9 Å². The summed E-state index contributed by atoms with van der Waals surface area (Å²) in [4.78, 5) is 46.5. The van der Waals surface area contributed by atoms with Gasteiger partial charge in [-0.3, -0.25) is 9.59 Å². The van der Waals surface area contributed by atoms with E-state index in [9.17, 15) is 29.7 Å². The number of carbonyl (C=O) groups excluding carboxylic acids is 2. The largest absolute Gasteiger partial charge is 0.478 e. The third kappa shape index (κ3) is 5.92. The van der Waals surface area contributed by atoms with Crippen molar-refractivity contribution in [2.24, 2.45) is 11.1 Å². The maximum Gasteiger partial charge on any atom is 0.332 e. The number of hydrogen-bond donors (Lipinski definition) is 5. The zero-order valence-electron chi connectivity index (χ0n) is 19.8. The van der Waals surface area contributed by atoms with Crippen molar-refractivity contribution < 1.29 is 39.0 Å². The first-order chi connectivity index (χ1) is 17.2. The molecule has 1 saturated carbocycles. The van der Waals surface area contributed by atoms with Crippen molar-refractivity contribution in [3.63, 3.8) is 0 Å². The standard InChI is InChI=1S/C21H28N6O7S2/c1-27(6-8-28,7-9-29)5-3-4-11-10-35-17-13(12(11)20(32)33)16(30)14(17)23-19(31)15(25-34-2)18-24-21(22)36-26-18/h3-4,13-14,17,28-29H,5-10H2,1-2H3,(H3-,22,23,24,26,31,32,33)/p+1/b4-3+,25-15-/t13?,14-,17+/m1/s1. The number of oxime groups is 1. The molecule has 196 valence electrons. The number of aliphatic carboxylic acids is 1. The van der Waals surface area contributed by atoms with Gasteiger partial charge in [0.25, 0.3) is 5.91 Å². The Morgan fingerprint density at radius 3 is 2.58 bits per heavy atom. The Labute approximate surface area is 215 Å². The lowest BCUT2D eigenvalue weighted by Gasteiger charge is -2.45. The molecule has 2 heterocycles. The first-order valence-corrected chi connectivity index (χ1v) is 12.8. The molecule has 15 heteroatoms. The second-order valence-electron chi connectivity index (χ2n) is 8.53. The van der Waals surface area contributed by atoms with E-state index >= 15 is 0 Å². The van der Waals surface area contributed by atoms with E-state index in [2.05, 4.69) is 19.8 Å². The van der Waals surface area contributed by atoms with Gasteiger partial charge < -0.3 is 35.7 Å². The number of ketones is 1. The molecule has 1 aromatic heterocycles. The number of nitrogens with one attached hydrogen (secondary N) is 1. The molecule has 0 saturated heterocycles. The molecule has 0 spiro atoms. The molecule has 0 radical (unpaired) electrons. The number of thioether (sulfide) groups is 1. The third-order valence-electron chi connectivity index (χ3n) is 6.07. The number of Topliss-reactive ketones (excluding diaryl/α,β-unsaturated/α-hetero) is 1. The minimum absolute atomic E-state index is 0.0174. The molecule has 1 aliphatic carbocycles. The summed E-state index contributed by atoms with van der Waals surface area (Å²) in [6, 6.07) is -0.903. The van der Waals surface area contributed by atoms with Gasteiger partial charge in [0.1, 0.15) is 26.2 Å². The van der Waals surface area contributed by atoms with E-state index in [0.29, 0.717) is 35.4 Å². The number of rotatable bonds is 12. The number of aromatic nitrogens is 2. The van der Waals surface area contributed by atoms with Crippen LogP contribution < -0.4 is 11.1 Å². The van der Waals surface area contributed by atoms with Crippen LogP contribution in [0.3, 0.4) is 0 Å². The van der Waals surface area contributed by atoms with Crippen molar-refractivity contribution in [2.75, 3.05) is 58.5 Å². The number of carboxylic acids is 1. The molecular formula is C21H29N6O7S2+. The number of allylic oxidation sites excluding steroid dienone is 1. The van der Waals surface area contributed by atoms with Gasteiger partial charge in [-0.15, -0.1) is 0 Å². The predicted molar refractivity (Wildman–Crippen MR) is 133 cm³/mol. The van der Waals surface area contributed by atoms with Crippen molar-refractivity contribution in [3.8, 4) is 0 Å². The van der Waals surface area contributed by atoms with Gasteiger partial charge in [0.05, 0.1) is 38.3 Å². The van der Waals surface area contributed by atoms with E-state index in [1.807, 2.05) is 7.05 Å². The fraction of sp³-hybridized carbons (Fsp3) is 0.524. The molecule has 0 aromatic carbocycles. The van der Waals surface area contributed by atoms with Gasteiger partial charge in [0.2, 0.25) is 11.5 Å². The average Bonchev–Trinajstić information content (AvgIpc) is 3.26. The van der Waals surface area contributed by atoms with Crippen LogP contribution in [0, 0.1) is 5.92 Å². The molecule has 2 aliphatic rings. The van der Waals surface area contributed by atoms with Crippen LogP contribution >= 0.6 is 23.3 Å². The summed E-state index contributed by atoms with van der Waals surface area (Å²) in [6.45, 7) is 1.26. The Bertz CT molecular complexity index is 1100. The summed E-state index contributed by atoms with van der Waals surface area (Å²) in [5, 5.41) is 34.4. The van der Waals surface area contributed by atoms with E-state index in [1.165, 1.54) is 18.9 Å². The molecule has 3 rings (SSSR count). The quantitative estimate of drug-likeness (QED) is 0.119. The van der Waals surface area contributed by atoms with Crippen LogP contribution in [0.25, 0.3) is 0 Å². The number of aliphatic hydroxyl groups is 2. The van der Waals surface area contributed by atoms with Crippen molar-refractivity contribution in [3.05, 3.63) is 29.1 Å². The Morgan fingerprint density at radius 1 is 1.33 bits per heavy atom. The van der Waals surface area contributed by atoms with Crippen LogP contribution in [0.15, 0.2) is 28.5 Å². The minimum Gasteiger partial charge on any atom is -0.478 e. The highest BCUT2D eigenvalue weighted by atomic mass is 32.2. The molecule has 36 heavy (non-hydrogen) atoms. The number of nitrogens with zero attached hydrogens (tertiary/aromatic N) is 4. The molecule has 0 bridgehead atoms. The third-order valence-corrected chi connectivity index (χ3v) is 8.02. The van der Waals surface area contributed by atoms with E-state index in [-0.39, 0.29) is 35.5 Å². The number of likely N-dealkylation sites (N-methyl/N-ethyl adjacent to an activating group) is 1. The molecule has 3 atom stereocenters. The molecule has 1 aromatic rings. The van der Waals surface area contributed by atoms with Crippen LogP contribution in [0.4, 0.5) is 5.13 Å². The number of carboxylic acid groups (broad SMARTS) is 1. The summed E-state index contributed by atoms with van der Waals surface area (Å²) in [6.07, 6.45) is 3.49. The molecule has 13 nitrogen and oxygen atoms in total. The van der Waals surface area contributed by atoms with Crippen LogP contribution in [-0.2, 0) is 19.2 Å². The number of carbonyl (C=O) groups is 3. The van der Waals surface area contributed by atoms with Crippen molar-refractivity contribution in [2.45, 2.75) is 11.3 Å². The lowest BCUT2D eigenvalue weighted by molar-refractivity contribution is -0.904. The van der Waals surface area contributed by atoms with Gasteiger partial charge in [-0.1, -0.05) is 11.2 Å². The van der Waals surface area contributed by atoms with Crippen LogP contribution in [0.1, 0.15) is 5.82 Å². The van der Waals surface area contributed by atoms with Gasteiger partial charge >= 0.3 is 5.97 Å². The lowest BCUT2D eigenvalue weighted by atomic mass is 9.71. The predicted octanol–water partition coefficient (Wildman–Crippen LogP) is -1.36. The summed E-state index contributed by atoms with van der Waals surface area (Å²) < 4.78 is 4.33. The highest BCUT2D eigenvalue weighted by Crippen LogP contribution is 2.45. The Kier molecular flexibility index (Phi) is 9.19. The number of hydrogen-bond acceptors (Lipinski definition) is 12. The monoisotopic (exact) mass is 541 g/mol. The van der Waals surface area contributed by atoms with E-state index in [0.717, 1.165) is 11.5 Å². The summed E-state index contributed by atoms with van der Waals surface area (Å²) in [5.74, 6) is -2.89. The number of amides is 1. The van der Waals surface area contributed by atoms with Gasteiger partial charge in [0, 0.05) is 22.5 Å². The van der Waals surface area contributed by atoms with Crippen molar-refractivity contribution in [1.29, 1.82) is 0 Å². The number of aliphatic hydroxyl groups excluding tert-OH is 2. The summed E-state index contributed by atoms with van der Waals surface area (Å²) in [5.41, 5.74) is 5.87. The Hall–Kier alpha value is -2.85. The number of nitrogen functional groups attached to an aromatic ring is 1. The number of fused-ring (bicyclic) bond motifs is 1. The van der Waals surface area contributed by atoms with E-state index in [1.54, 1.807) is 12.2 Å². The normalized spacial score (nSPS) is 22.4. The van der Waals surface area contributed by atoms with E-state index in [4.69, 9.17) is 10.6 Å². The molecule has 1 unspecified atom stereocenters. The van der Waals surface area contributed by atoms with Crippen LogP contribution in [0.5, 0.6) is 0 Å². The zero-order chi connectivity index (χ0) is 26.5. The van der Waals surface area contributed by atoms with Gasteiger partial charge in [0.15, 0.2) is 10.9 Å². The van der Waals surface area contributed by atoms with Crippen LogP contribution in [-0.4, -0.2) is 117 Å². The number of nitrogens with two attached hydrogens (primary N) is 1. The number of quaternary nitrogens is 1. The number of anilines is 1. The van der Waals surface area contributed by atoms with Gasteiger partial charge in [-0.05, 0) is 11.6 Å². The fourth-order valence-electron chi connectivity index (χ4n) is 4.16. The fourth-order valence-corrected chi connectivity index (χ4v) is 6.07. The van der Waals surface area contributed by atoms with Crippen LogP contribution in [0.2, 0.25) is 0 Å². The minimum atomic E-state index is -1.19. The lowest BCUT2D eigenvalue weighted by Crippen LogP contribution is -2.65. The smallest absolute Gasteiger partial charge is 0.332 e. The maximum absolute atomic E-state index is 13.0. The highest BCUT2D eigenvalue weighted by Gasteiger charge is 2.56. The first kappa shape index (κ1) is 27.7. The average molecular weight is 542 g/mol. The highest BCUT2D eigenvalue weighted by molar-refractivity contribution is 8.00. The van der Waals surface area contributed by atoms with Gasteiger partial charge in [-0.2, -0.15) is 21.1 Å². The van der Waals surface area contributed by atoms with Gasteiger partial charge in [-0.25, -0.2) is 4.79 Å². The molecular weight excluding hydrogens is 512 g/mol. The maximum atomic E-state index is 13.0. The second-order valence-corrected chi connectivity index (χ2v) is 10.5. The molecule has 1 fully saturated rings. The molecule has 1 aliphatic heterocycles. The van der Waals surface area contributed by atoms with Crippen molar-refractivity contribution >= 4 is 51.8 Å². The Morgan fingerprint density at radius 2 is 2.03 bits per heavy atom. The summed E-state index contributed by atoms with van der Waals surface area (Å²) in [7, 11) is 3.13.